The fraction of sp³-hybridized carbons (Fsp3) is 0.345. The quantitative estimate of drug-likeness (QED) is 0.528. The summed E-state index contributed by atoms with van der Waals surface area (Å²) in [5.74, 6) is 1.05. The van der Waals surface area contributed by atoms with E-state index >= 15 is 0 Å². The zero-order valence-corrected chi connectivity index (χ0v) is 20.4. The highest BCUT2D eigenvalue weighted by Crippen LogP contribution is 2.31. The number of carbonyl (C=O) groups excluding carboxylic acids is 2. The number of ether oxygens (including phenoxy) is 1. The van der Waals surface area contributed by atoms with Gasteiger partial charge in [-0.15, -0.1) is 0 Å². The zero-order chi connectivity index (χ0) is 24.7. The van der Waals surface area contributed by atoms with Crippen LogP contribution in [0, 0.1) is 0 Å². The van der Waals surface area contributed by atoms with Crippen LogP contribution < -0.4 is 10.1 Å². The molecule has 36 heavy (non-hydrogen) atoms. The predicted molar refractivity (Wildman–Crippen MR) is 137 cm³/mol. The molecule has 1 N–H and O–H groups in total. The first-order chi connectivity index (χ1) is 17.6. The summed E-state index contributed by atoms with van der Waals surface area (Å²) in [4.78, 5) is 33.5. The maximum atomic E-state index is 13.5. The lowest BCUT2D eigenvalue weighted by atomic mass is 10.1. The van der Waals surface area contributed by atoms with Gasteiger partial charge in [0, 0.05) is 69.6 Å². The number of hydrogen-bond acceptors (Lipinski definition) is 5. The van der Waals surface area contributed by atoms with Crippen LogP contribution in [0.5, 0.6) is 5.75 Å². The van der Waals surface area contributed by atoms with Crippen LogP contribution in [0.4, 0.5) is 0 Å². The molecule has 0 unspecified atom stereocenters. The van der Waals surface area contributed by atoms with Gasteiger partial charge in [0.15, 0.2) is 0 Å². The maximum absolute atomic E-state index is 13.5. The second-order valence-corrected chi connectivity index (χ2v) is 9.54. The fourth-order valence-electron chi connectivity index (χ4n) is 4.95. The van der Waals surface area contributed by atoms with Crippen molar-refractivity contribution in [1.29, 1.82) is 0 Å². The van der Waals surface area contributed by atoms with Crippen LogP contribution in [-0.4, -0.2) is 52.3 Å². The third kappa shape index (κ3) is 6.10. The van der Waals surface area contributed by atoms with E-state index in [-0.39, 0.29) is 24.0 Å². The number of benzene rings is 2. The van der Waals surface area contributed by atoms with Gasteiger partial charge in [0.05, 0.1) is 0 Å². The Hall–Kier alpha value is -3.71. The molecule has 186 valence electrons. The smallest absolute Gasteiger partial charge is 0.224 e. The normalized spacial score (nSPS) is 19.6. The molecule has 7 nitrogen and oxygen atoms in total. The molecule has 2 atom stereocenters. The summed E-state index contributed by atoms with van der Waals surface area (Å²) in [5.41, 5.74) is 3.29. The molecule has 0 aliphatic carbocycles. The number of carbonyl (C=O) groups is 2. The van der Waals surface area contributed by atoms with Crippen molar-refractivity contribution in [1.82, 2.24) is 20.1 Å². The standard InChI is InChI=1S/C29H32N4O3/c34-28-11-10-25(31-28)20-33(18-22-12-15-30-16-13-22)29(35)14-17-32-19-24-8-4-5-9-26(24)36-27(21-32)23-6-2-1-3-7-23/h1-9,12-13,15-16,25,27H,10-11,14,17-21H2,(H,31,34)/t25-,27-/m0/s1. The van der Waals surface area contributed by atoms with Crippen LogP contribution in [0.1, 0.15) is 42.1 Å². The SMILES string of the molecule is O=C1CC[C@@H](CN(Cc2ccncc2)C(=O)CCN2Cc3ccccc3O[C@H](c3ccccc3)C2)N1. The van der Waals surface area contributed by atoms with Gasteiger partial charge in [-0.1, -0.05) is 48.5 Å². The highest BCUT2D eigenvalue weighted by molar-refractivity contribution is 5.79. The van der Waals surface area contributed by atoms with Gasteiger partial charge in [0.25, 0.3) is 0 Å². The lowest BCUT2D eigenvalue weighted by Gasteiger charge is -2.28. The molecule has 3 aromatic rings. The Labute approximate surface area is 212 Å². The van der Waals surface area contributed by atoms with Gasteiger partial charge in [0.1, 0.15) is 11.9 Å². The number of rotatable bonds is 8. The molecule has 0 spiro atoms. The van der Waals surface area contributed by atoms with Crippen LogP contribution in [0.25, 0.3) is 0 Å². The van der Waals surface area contributed by atoms with E-state index in [1.807, 2.05) is 53.4 Å². The Morgan fingerprint density at radius 1 is 1.06 bits per heavy atom. The van der Waals surface area contributed by atoms with Crippen LogP contribution in [0.2, 0.25) is 0 Å². The van der Waals surface area contributed by atoms with Crippen molar-refractivity contribution < 1.29 is 14.3 Å². The number of aromatic nitrogens is 1. The van der Waals surface area contributed by atoms with E-state index in [1.165, 1.54) is 0 Å². The highest BCUT2D eigenvalue weighted by Gasteiger charge is 2.27. The summed E-state index contributed by atoms with van der Waals surface area (Å²) >= 11 is 0. The molecule has 2 aliphatic rings. The predicted octanol–water partition coefficient (Wildman–Crippen LogP) is 3.71. The molecule has 0 radical (unpaired) electrons. The molecule has 2 aromatic carbocycles. The summed E-state index contributed by atoms with van der Waals surface area (Å²) in [5, 5.41) is 3.00. The van der Waals surface area contributed by atoms with Crippen LogP contribution in [0.15, 0.2) is 79.1 Å². The number of pyridine rings is 1. The lowest BCUT2D eigenvalue weighted by Crippen LogP contribution is -2.42. The minimum atomic E-state index is -0.105. The number of nitrogens with one attached hydrogen (secondary N) is 1. The van der Waals surface area contributed by atoms with Gasteiger partial charge in [-0.2, -0.15) is 0 Å². The van der Waals surface area contributed by atoms with Crippen LogP contribution in [0.3, 0.4) is 0 Å². The zero-order valence-electron chi connectivity index (χ0n) is 20.4. The average Bonchev–Trinajstić information content (AvgIpc) is 3.22. The second kappa shape index (κ2) is 11.4. The molecule has 0 saturated carbocycles. The van der Waals surface area contributed by atoms with Gasteiger partial charge >= 0.3 is 0 Å². The average molecular weight is 485 g/mol. The Kier molecular flexibility index (Phi) is 7.57. The molecule has 3 heterocycles. The first kappa shape index (κ1) is 24.0. The van der Waals surface area contributed by atoms with Crippen molar-refractivity contribution in [3.63, 3.8) is 0 Å². The van der Waals surface area contributed by atoms with E-state index < -0.39 is 0 Å². The molecule has 1 aromatic heterocycles. The van der Waals surface area contributed by atoms with Gasteiger partial charge in [-0.3, -0.25) is 19.5 Å². The molecule has 2 amide bonds. The Morgan fingerprint density at radius 3 is 2.61 bits per heavy atom. The van der Waals surface area contributed by atoms with Crippen LogP contribution >= 0.6 is 0 Å². The first-order valence-corrected chi connectivity index (χ1v) is 12.6. The van der Waals surface area contributed by atoms with Crippen molar-refractivity contribution in [3.8, 4) is 5.75 Å². The minimum absolute atomic E-state index is 0.00390. The van der Waals surface area contributed by atoms with Crippen molar-refractivity contribution in [2.24, 2.45) is 0 Å². The molecule has 1 fully saturated rings. The van der Waals surface area contributed by atoms with E-state index in [0.29, 0.717) is 39.0 Å². The summed E-state index contributed by atoms with van der Waals surface area (Å²) in [7, 11) is 0. The summed E-state index contributed by atoms with van der Waals surface area (Å²) in [6, 6.07) is 22.3. The largest absolute Gasteiger partial charge is 0.484 e. The Morgan fingerprint density at radius 2 is 1.83 bits per heavy atom. The van der Waals surface area contributed by atoms with Crippen molar-refractivity contribution in [2.75, 3.05) is 19.6 Å². The van der Waals surface area contributed by atoms with Gasteiger partial charge in [-0.05, 0) is 35.7 Å². The van der Waals surface area contributed by atoms with E-state index in [1.54, 1.807) is 12.4 Å². The molecule has 2 aliphatic heterocycles. The fourth-order valence-corrected chi connectivity index (χ4v) is 4.95. The third-order valence-electron chi connectivity index (χ3n) is 6.87. The van der Waals surface area contributed by atoms with E-state index in [4.69, 9.17) is 4.74 Å². The molecular weight excluding hydrogens is 452 g/mol. The van der Waals surface area contributed by atoms with Crippen molar-refractivity contribution >= 4 is 11.8 Å². The van der Waals surface area contributed by atoms with E-state index in [2.05, 4.69) is 33.4 Å². The summed E-state index contributed by atoms with van der Waals surface area (Å²) in [6.07, 6.45) is 5.07. The minimum Gasteiger partial charge on any atom is -0.484 e. The highest BCUT2D eigenvalue weighted by atomic mass is 16.5. The van der Waals surface area contributed by atoms with Gasteiger partial charge in [0.2, 0.25) is 11.8 Å². The Balaban J connectivity index is 1.29. The molecule has 7 heteroatoms. The number of para-hydroxylation sites is 1. The topological polar surface area (TPSA) is 74.8 Å². The first-order valence-electron chi connectivity index (χ1n) is 12.6. The van der Waals surface area contributed by atoms with E-state index in [9.17, 15) is 9.59 Å². The molecule has 0 bridgehead atoms. The third-order valence-corrected chi connectivity index (χ3v) is 6.87. The maximum Gasteiger partial charge on any atom is 0.224 e. The van der Waals surface area contributed by atoms with Crippen molar-refractivity contribution in [2.45, 2.75) is 44.5 Å². The number of hydrogen-bond donors (Lipinski definition) is 1. The molecule has 5 rings (SSSR count). The molecule has 1 saturated heterocycles. The van der Waals surface area contributed by atoms with Crippen molar-refractivity contribution in [3.05, 3.63) is 95.8 Å². The molecular formula is C29H32N4O3. The number of amides is 2. The number of nitrogens with zero attached hydrogens (tertiary/aromatic N) is 3. The van der Waals surface area contributed by atoms with Gasteiger partial charge < -0.3 is 15.0 Å². The summed E-state index contributed by atoms with van der Waals surface area (Å²) < 4.78 is 6.42. The second-order valence-electron chi connectivity index (χ2n) is 9.54. The number of fused-ring (bicyclic) bond motifs is 1. The van der Waals surface area contributed by atoms with E-state index in [0.717, 1.165) is 35.4 Å². The lowest BCUT2D eigenvalue weighted by molar-refractivity contribution is -0.133. The summed E-state index contributed by atoms with van der Waals surface area (Å²) in [6.45, 7) is 3.09. The van der Waals surface area contributed by atoms with Gasteiger partial charge in [-0.25, -0.2) is 0 Å². The van der Waals surface area contributed by atoms with Crippen LogP contribution in [-0.2, 0) is 22.7 Å². The Bertz CT molecular complexity index is 1170. The monoisotopic (exact) mass is 484 g/mol.